The molecule has 0 atom stereocenters. The molecule has 0 fully saturated rings. The molecule has 0 unspecified atom stereocenters. The summed E-state index contributed by atoms with van der Waals surface area (Å²) in [6.07, 6.45) is 8.09. The molecule has 2 nitrogen and oxygen atoms in total. The predicted molar refractivity (Wildman–Crippen MR) is 64.2 cm³/mol. The number of unbranched alkanes of at least 4 members (excludes halogenated alkanes) is 5. The summed E-state index contributed by atoms with van der Waals surface area (Å²) in [5.74, 6) is 1.01. The zero-order chi connectivity index (χ0) is 10.8. The van der Waals surface area contributed by atoms with Gasteiger partial charge in [0.15, 0.2) is 0 Å². The Morgan fingerprint density at radius 3 is 2.21 bits per heavy atom. The molecule has 0 aromatic heterocycles. The fraction of sp³-hybridized carbons (Fsp3) is 0.833. The average Bonchev–Trinajstić information content (AvgIpc) is 2.16. The van der Waals surface area contributed by atoms with Gasteiger partial charge in [-0.1, -0.05) is 45.6 Å². The largest absolute Gasteiger partial charge is 0.372 e. The van der Waals surface area contributed by atoms with Crippen LogP contribution in [-0.4, -0.2) is 25.5 Å². The van der Waals surface area contributed by atoms with Crippen LogP contribution in [0.2, 0.25) is 0 Å². The molecule has 0 aliphatic rings. The van der Waals surface area contributed by atoms with Gasteiger partial charge in [-0.05, 0) is 6.42 Å². The minimum absolute atomic E-state index is 1.01. The van der Waals surface area contributed by atoms with Crippen LogP contribution in [0.1, 0.15) is 45.4 Å². The molecule has 1 N–H and O–H groups in total. The molecule has 0 spiro atoms. The molecule has 84 valence electrons. The van der Waals surface area contributed by atoms with Crippen molar-refractivity contribution >= 4 is 0 Å². The van der Waals surface area contributed by atoms with Crippen molar-refractivity contribution in [3.05, 3.63) is 12.4 Å². The van der Waals surface area contributed by atoms with Crippen LogP contribution in [0.25, 0.3) is 0 Å². The van der Waals surface area contributed by atoms with Crippen molar-refractivity contribution in [2.24, 2.45) is 0 Å². The summed E-state index contributed by atoms with van der Waals surface area (Å²) in [5, 5.41) is 3.30. The highest BCUT2D eigenvalue weighted by molar-refractivity contribution is 4.86. The first kappa shape index (κ1) is 13.3. The van der Waals surface area contributed by atoms with E-state index in [0.717, 1.165) is 12.4 Å². The number of rotatable bonds is 9. The summed E-state index contributed by atoms with van der Waals surface area (Å²) in [6.45, 7) is 7.23. The van der Waals surface area contributed by atoms with Crippen LogP contribution in [0, 0.1) is 0 Å². The van der Waals surface area contributed by atoms with Crippen molar-refractivity contribution in [2.45, 2.75) is 45.4 Å². The van der Waals surface area contributed by atoms with Crippen LogP contribution in [0.5, 0.6) is 0 Å². The van der Waals surface area contributed by atoms with Crippen LogP contribution < -0.4 is 5.32 Å². The van der Waals surface area contributed by atoms with E-state index in [1.54, 1.807) is 0 Å². The number of nitrogens with one attached hydrogen (secondary N) is 1. The number of nitrogens with zero attached hydrogens (tertiary/aromatic N) is 1. The SMILES string of the molecule is C=C(NCCCCCCCC)N(C)C. The first-order chi connectivity index (χ1) is 6.68. The summed E-state index contributed by atoms with van der Waals surface area (Å²) in [7, 11) is 4.02. The van der Waals surface area contributed by atoms with Gasteiger partial charge >= 0.3 is 0 Å². The lowest BCUT2D eigenvalue weighted by atomic mass is 10.1. The van der Waals surface area contributed by atoms with Gasteiger partial charge < -0.3 is 10.2 Å². The van der Waals surface area contributed by atoms with E-state index in [0.29, 0.717) is 0 Å². The minimum atomic E-state index is 1.01. The molecule has 0 aliphatic carbocycles. The van der Waals surface area contributed by atoms with Gasteiger partial charge in [0.05, 0.1) is 5.82 Å². The number of hydrogen-bond donors (Lipinski definition) is 1. The van der Waals surface area contributed by atoms with Crippen molar-refractivity contribution < 1.29 is 0 Å². The Balaban J connectivity index is 3.10. The Labute approximate surface area is 89.4 Å². The van der Waals surface area contributed by atoms with E-state index < -0.39 is 0 Å². The van der Waals surface area contributed by atoms with E-state index in [-0.39, 0.29) is 0 Å². The maximum absolute atomic E-state index is 3.92. The Morgan fingerprint density at radius 1 is 1.07 bits per heavy atom. The van der Waals surface area contributed by atoms with Gasteiger partial charge in [-0.25, -0.2) is 0 Å². The first-order valence-electron chi connectivity index (χ1n) is 5.78. The first-order valence-corrected chi connectivity index (χ1v) is 5.78. The molecule has 0 aromatic rings. The Kier molecular flexibility index (Phi) is 8.50. The van der Waals surface area contributed by atoms with Gasteiger partial charge in [-0.15, -0.1) is 0 Å². The third kappa shape index (κ3) is 7.96. The van der Waals surface area contributed by atoms with Gasteiger partial charge in [0.2, 0.25) is 0 Å². The maximum atomic E-state index is 3.92. The minimum Gasteiger partial charge on any atom is -0.372 e. The van der Waals surface area contributed by atoms with Crippen LogP contribution in [0.4, 0.5) is 0 Å². The maximum Gasteiger partial charge on any atom is 0.0933 e. The van der Waals surface area contributed by atoms with E-state index >= 15 is 0 Å². The highest BCUT2D eigenvalue weighted by Crippen LogP contribution is 2.04. The quantitative estimate of drug-likeness (QED) is 0.573. The van der Waals surface area contributed by atoms with E-state index in [2.05, 4.69) is 18.8 Å². The molecule has 0 aromatic carbocycles. The lowest BCUT2D eigenvalue weighted by molar-refractivity contribution is 0.456. The smallest absolute Gasteiger partial charge is 0.0933 e. The molecular weight excluding hydrogens is 172 g/mol. The second-order valence-electron chi connectivity index (χ2n) is 4.04. The third-order valence-corrected chi connectivity index (χ3v) is 2.40. The van der Waals surface area contributed by atoms with Gasteiger partial charge in [-0.3, -0.25) is 0 Å². The molecule has 0 radical (unpaired) electrons. The van der Waals surface area contributed by atoms with Crippen molar-refractivity contribution in [3.8, 4) is 0 Å². The zero-order valence-electron chi connectivity index (χ0n) is 10.1. The summed E-state index contributed by atoms with van der Waals surface area (Å²) in [4.78, 5) is 2.01. The fourth-order valence-corrected chi connectivity index (χ4v) is 1.30. The fourth-order valence-electron chi connectivity index (χ4n) is 1.30. The lowest BCUT2D eigenvalue weighted by Gasteiger charge is -2.17. The molecule has 0 amide bonds. The van der Waals surface area contributed by atoms with Crippen LogP contribution in [-0.2, 0) is 0 Å². The highest BCUT2D eigenvalue weighted by atomic mass is 15.2. The van der Waals surface area contributed by atoms with E-state index in [9.17, 15) is 0 Å². The van der Waals surface area contributed by atoms with Crippen LogP contribution in [0.3, 0.4) is 0 Å². The monoisotopic (exact) mass is 198 g/mol. The van der Waals surface area contributed by atoms with Crippen molar-refractivity contribution in [2.75, 3.05) is 20.6 Å². The highest BCUT2D eigenvalue weighted by Gasteiger charge is 1.94. The molecule has 0 bridgehead atoms. The summed E-state index contributed by atoms with van der Waals surface area (Å²) >= 11 is 0. The molecular formula is C12H26N2. The van der Waals surface area contributed by atoms with Gasteiger partial charge in [0.25, 0.3) is 0 Å². The summed E-state index contributed by atoms with van der Waals surface area (Å²) < 4.78 is 0. The Bertz CT molecular complexity index is 141. The molecule has 0 saturated heterocycles. The zero-order valence-corrected chi connectivity index (χ0v) is 10.1. The topological polar surface area (TPSA) is 15.3 Å². The molecule has 14 heavy (non-hydrogen) atoms. The lowest BCUT2D eigenvalue weighted by Crippen LogP contribution is -2.25. The van der Waals surface area contributed by atoms with Crippen LogP contribution in [0.15, 0.2) is 12.4 Å². The summed E-state index contributed by atoms with van der Waals surface area (Å²) in [6, 6.07) is 0. The van der Waals surface area contributed by atoms with Gasteiger partial charge in [0, 0.05) is 20.6 Å². The predicted octanol–water partition coefficient (Wildman–Crippen LogP) is 2.97. The van der Waals surface area contributed by atoms with Gasteiger partial charge in [-0.2, -0.15) is 0 Å². The standard InChI is InChI=1S/C12H26N2/c1-5-6-7-8-9-10-11-13-12(2)14(3)4/h13H,2,5-11H2,1,3-4H3. The Morgan fingerprint density at radius 2 is 1.64 bits per heavy atom. The van der Waals surface area contributed by atoms with E-state index in [4.69, 9.17) is 0 Å². The second-order valence-corrected chi connectivity index (χ2v) is 4.04. The molecule has 0 aliphatic heterocycles. The second kappa shape index (κ2) is 8.92. The summed E-state index contributed by atoms with van der Waals surface area (Å²) in [5.41, 5.74) is 0. The molecule has 0 rings (SSSR count). The van der Waals surface area contributed by atoms with Crippen LogP contribution >= 0.6 is 0 Å². The molecule has 2 heteroatoms. The normalized spacial score (nSPS) is 9.93. The van der Waals surface area contributed by atoms with E-state index in [1.165, 1.54) is 38.5 Å². The van der Waals surface area contributed by atoms with E-state index in [1.807, 2.05) is 19.0 Å². The van der Waals surface area contributed by atoms with Crippen molar-refractivity contribution in [3.63, 3.8) is 0 Å². The molecule has 0 saturated carbocycles. The number of hydrogen-bond acceptors (Lipinski definition) is 2. The van der Waals surface area contributed by atoms with Crippen molar-refractivity contribution in [1.29, 1.82) is 0 Å². The third-order valence-electron chi connectivity index (χ3n) is 2.40. The van der Waals surface area contributed by atoms with Crippen molar-refractivity contribution in [1.82, 2.24) is 10.2 Å². The van der Waals surface area contributed by atoms with Gasteiger partial charge in [0.1, 0.15) is 0 Å². The molecule has 0 heterocycles. The Hall–Kier alpha value is -0.660. The average molecular weight is 198 g/mol.